The van der Waals surface area contributed by atoms with Crippen molar-refractivity contribution >= 4 is 29.6 Å². The Hall–Kier alpha value is -2.33. The maximum absolute atomic E-state index is 14.3. The van der Waals surface area contributed by atoms with Gasteiger partial charge in [0.25, 0.3) is 0 Å². The van der Waals surface area contributed by atoms with Crippen molar-refractivity contribution < 1.29 is 18.7 Å². The number of ether oxygens (including phenoxy) is 2. The molecule has 0 aromatic carbocycles. The minimum atomic E-state index is -0.498. The summed E-state index contributed by atoms with van der Waals surface area (Å²) in [5.41, 5.74) is 0.478. The van der Waals surface area contributed by atoms with Gasteiger partial charge in [-0.2, -0.15) is 0 Å². The predicted molar refractivity (Wildman–Crippen MR) is 145 cm³/mol. The Morgan fingerprint density at radius 2 is 1.89 bits per heavy atom. The van der Waals surface area contributed by atoms with E-state index in [2.05, 4.69) is 32.8 Å². The van der Waals surface area contributed by atoms with Crippen molar-refractivity contribution in [3.8, 4) is 11.3 Å². The highest BCUT2D eigenvalue weighted by atomic mass is 35.5. The zero-order valence-electron chi connectivity index (χ0n) is 21.6. The Labute approximate surface area is 224 Å². The number of hydrogen-bond donors (Lipinski definition) is 3. The van der Waals surface area contributed by atoms with Crippen LogP contribution in [0.25, 0.3) is 11.3 Å². The van der Waals surface area contributed by atoms with E-state index >= 15 is 0 Å². The van der Waals surface area contributed by atoms with E-state index < -0.39 is 5.82 Å². The molecule has 1 unspecified atom stereocenters. The average Bonchev–Trinajstić information content (AvgIpc) is 3.12. The molecule has 2 aromatic heterocycles. The van der Waals surface area contributed by atoms with Crippen molar-refractivity contribution in [2.24, 2.45) is 11.8 Å². The number of amides is 1. The normalized spacial score (nSPS) is 19.6. The smallest absolute Gasteiger partial charge is 0.212 e. The molecule has 1 amide bonds. The minimum absolute atomic E-state index is 0.110. The molecule has 0 spiro atoms. The van der Waals surface area contributed by atoms with Gasteiger partial charge in [-0.15, -0.1) is 0 Å². The molecule has 0 radical (unpaired) electrons. The standard InChI is InChI=1S/C17H18ClFN4O2.C6H13NO.C4H8/c18-13-9-21-16(22-10-24)7-12(13)17-14(19)1-2-15(23-17)20-8-11-3-5-25-6-4-11;1-6-4-7-2-3-8-5-6;1-2-4-3-1/h1-2,7,9-11H,3-6,8H2,(H,20,23)(H,21,22,24);6-7H,2-5H2,1H3;1-4H2. The van der Waals surface area contributed by atoms with E-state index in [4.69, 9.17) is 21.1 Å². The fraction of sp³-hybridized carbons (Fsp3) is 0.593. The molecule has 3 N–H and O–H groups in total. The Morgan fingerprint density at radius 1 is 1.14 bits per heavy atom. The summed E-state index contributed by atoms with van der Waals surface area (Å²) in [6.45, 7) is 8.42. The van der Waals surface area contributed by atoms with E-state index in [1.807, 2.05) is 0 Å². The van der Waals surface area contributed by atoms with Gasteiger partial charge < -0.3 is 25.4 Å². The van der Waals surface area contributed by atoms with Crippen LogP contribution in [0.1, 0.15) is 45.4 Å². The third-order valence-corrected chi connectivity index (χ3v) is 6.70. The van der Waals surface area contributed by atoms with E-state index in [1.165, 1.54) is 44.0 Å². The molecule has 2 aliphatic heterocycles. The lowest BCUT2D eigenvalue weighted by Crippen LogP contribution is -2.23. The summed E-state index contributed by atoms with van der Waals surface area (Å²) in [7, 11) is 0. The second-order valence-corrected chi connectivity index (χ2v) is 9.98. The summed E-state index contributed by atoms with van der Waals surface area (Å²) in [6.07, 6.45) is 9.84. The van der Waals surface area contributed by atoms with Crippen LogP contribution < -0.4 is 16.0 Å². The number of halogens is 2. The van der Waals surface area contributed by atoms with Gasteiger partial charge in [-0.25, -0.2) is 14.4 Å². The zero-order valence-corrected chi connectivity index (χ0v) is 22.4. The summed E-state index contributed by atoms with van der Waals surface area (Å²) in [6, 6.07) is 4.43. The number of anilines is 2. The third kappa shape index (κ3) is 10.5. The summed E-state index contributed by atoms with van der Waals surface area (Å²) < 4.78 is 24.9. The summed E-state index contributed by atoms with van der Waals surface area (Å²) in [5, 5.41) is 9.19. The van der Waals surface area contributed by atoms with E-state index in [0.717, 1.165) is 58.9 Å². The monoisotopic (exact) mass is 535 g/mol. The predicted octanol–water partition coefficient (Wildman–Crippen LogP) is 5.15. The fourth-order valence-corrected chi connectivity index (χ4v) is 3.97. The lowest BCUT2D eigenvalue weighted by atomic mass is 10.0. The van der Waals surface area contributed by atoms with E-state index in [0.29, 0.717) is 29.6 Å². The first-order valence-electron chi connectivity index (χ1n) is 13.2. The molecule has 1 aliphatic carbocycles. The maximum Gasteiger partial charge on any atom is 0.212 e. The number of rotatable bonds is 6. The highest BCUT2D eigenvalue weighted by Crippen LogP contribution is 2.30. The number of nitrogens with zero attached hydrogens (tertiary/aromatic N) is 2. The van der Waals surface area contributed by atoms with E-state index in [-0.39, 0.29) is 16.5 Å². The Balaban J connectivity index is 0.000000258. The summed E-state index contributed by atoms with van der Waals surface area (Å²) in [4.78, 5) is 18.9. The van der Waals surface area contributed by atoms with Gasteiger partial charge in [-0.3, -0.25) is 4.79 Å². The fourth-order valence-electron chi connectivity index (χ4n) is 3.77. The molecular formula is C27H39ClFN5O3. The molecule has 8 nitrogen and oxygen atoms in total. The van der Waals surface area contributed by atoms with Crippen LogP contribution in [0.2, 0.25) is 5.02 Å². The molecule has 0 bridgehead atoms. The lowest BCUT2D eigenvalue weighted by molar-refractivity contribution is -0.105. The van der Waals surface area contributed by atoms with Crippen molar-refractivity contribution in [1.82, 2.24) is 15.3 Å². The SMILES string of the molecule is C1CCC1.CC1CNCCOC1.O=CNc1cc(-c2nc(NCC3CCOCC3)ccc2F)c(Cl)cn1. The molecule has 3 fully saturated rings. The molecule has 1 saturated carbocycles. The number of carbonyl (C=O) groups excluding carboxylic acids is 1. The van der Waals surface area contributed by atoms with Gasteiger partial charge in [-0.05, 0) is 49.4 Å². The van der Waals surface area contributed by atoms with E-state index in [1.54, 1.807) is 6.07 Å². The Kier molecular flexibility index (Phi) is 13.0. The highest BCUT2D eigenvalue weighted by Gasteiger charge is 2.16. The van der Waals surface area contributed by atoms with Crippen molar-refractivity contribution in [1.29, 1.82) is 0 Å². The Bertz CT molecular complexity index is 946. The Morgan fingerprint density at radius 3 is 2.59 bits per heavy atom. The quantitative estimate of drug-likeness (QED) is 0.440. The van der Waals surface area contributed by atoms with Crippen molar-refractivity contribution in [3.63, 3.8) is 0 Å². The van der Waals surface area contributed by atoms with Crippen molar-refractivity contribution in [3.05, 3.63) is 35.2 Å². The van der Waals surface area contributed by atoms with Crippen LogP contribution in [-0.4, -0.2) is 62.4 Å². The van der Waals surface area contributed by atoms with Crippen LogP contribution in [0.3, 0.4) is 0 Å². The third-order valence-electron chi connectivity index (χ3n) is 6.39. The molecule has 204 valence electrons. The van der Waals surface area contributed by atoms with Crippen LogP contribution in [0.4, 0.5) is 16.0 Å². The molecule has 2 saturated heterocycles. The second-order valence-electron chi connectivity index (χ2n) is 9.57. The average molecular weight is 536 g/mol. The van der Waals surface area contributed by atoms with Crippen molar-refractivity contribution in [2.45, 2.75) is 45.4 Å². The van der Waals surface area contributed by atoms with Gasteiger partial charge in [0.05, 0.1) is 18.2 Å². The van der Waals surface area contributed by atoms with Gasteiger partial charge in [0.2, 0.25) is 6.41 Å². The minimum Gasteiger partial charge on any atom is -0.381 e. The zero-order chi connectivity index (χ0) is 26.3. The maximum atomic E-state index is 14.3. The molecule has 10 heteroatoms. The molecular weight excluding hydrogens is 497 g/mol. The van der Waals surface area contributed by atoms with E-state index in [9.17, 15) is 9.18 Å². The van der Waals surface area contributed by atoms with Crippen LogP contribution in [0, 0.1) is 17.7 Å². The van der Waals surface area contributed by atoms with Gasteiger partial charge in [-0.1, -0.05) is 44.2 Å². The van der Waals surface area contributed by atoms with Crippen LogP contribution in [0.15, 0.2) is 24.4 Å². The molecule has 3 aliphatic rings. The number of pyridine rings is 2. The van der Waals surface area contributed by atoms with Gasteiger partial charge in [0.1, 0.15) is 23.1 Å². The molecule has 5 rings (SSSR count). The number of hydrogen-bond acceptors (Lipinski definition) is 7. The van der Waals surface area contributed by atoms with Gasteiger partial charge in [0, 0.05) is 38.1 Å². The largest absolute Gasteiger partial charge is 0.381 e. The molecule has 1 atom stereocenters. The number of carbonyl (C=O) groups is 1. The summed E-state index contributed by atoms with van der Waals surface area (Å²) in [5.74, 6) is 1.55. The molecule has 2 aromatic rings. The highest BCUT2D eigenvalue weighted by molar-refractivity contribution is 6.33. The van der Waals surface area contributed by atoms with Crippen LogP contribution in [-0.2, 0) is 14.3 Å². The van der Waals surface area contributed by atoms with Crippen LogP contribution in [0.5, 0.6) is 0 Å². The first-order valence-corrected chi connectivity index (χ1v) is 13.6. The van der Waals surface area contributed by atoms with Gasteiger partial charge in [0.15, 0.2) is 0 Å². The molecule has 4 heterocycles. The second kappa shape index (κ2) is 16.5. The topological polar surface area (TPSA) is 97.4 Å². The first-order chi connectivity index (χ1) is 18.1. The number of aromatic nitrogens is 2. The first kappa shape index (κ1) is 29.2. The van der Waals surface area contributed by atoms with Gasteiger partial charge >= 0.3 is 0 Å². The van der Waals surface area contributed by atoms with Crippen LogP contribution >= 0.6 is 11.6 Å². The lowest BCUT2D eigenvalue weighted by Gasteiger charge is -2.22. The summed E-state index contributed by atoms with van der Waals surface area (Å²) >= 11 is 6.13. The number of nitrogens with one attached hydrogen (secondary N) is 3. The molecule has 37 heavy (non-hydrogen) atoms. The van der Waals surface area contributed by atoms with Crippen molar-refractivity contribution in [2.75, 3.05) is 56.7 Å².